The van der Waals surface area contributed by atoms with Crippen molar-refractivity contribution in [2.75, 3.05) is 0 Å². The SMILES string of the molecule is CC(=O)O[C@@H](C(=O)O[C@@H]1CCCC[C@H]1Oc1ccc2ccccc2c1)c1ccccc1. The molecule has 5 heteroatoms. The van der Waals surface area contributed by atoms with Gasteiger partial charge >= 0.3 is 11.9 Å². The molecule has 31 heavy (non-hydrogen) atoms. The summed E-state index contributed by atoms with van der Waals surface area (Å²) in [6.45, 7) is 1.29. The molecule has 3 aromatic rings. The van der Waals surface area contributed by atoms with Crippen LogP contribution < -0.4 is 4.74 Å². The number of rotatable bonds is 6. The first-order valence-corrected chi connectivity index (χ1v) is 10.7. The van der Waals surface area contributed by atoms with Crippen molar-refractivity contribution in [1.82, 2.24) is 0 Å². The fourth-order valence-electron chi connectivity index (χ4n) is 4.00. The number of carbonyl (C=O) groups excluding carboxylic acids is 2. The van der Waals surface area contributed by atoms with Crippen LogP contribution in [0.1, 0.15) is 44.3 Å². The molecule has 0 radical (unpaired) electrons. The van der Waals surface area contributed by atoms with E-state index in [1.165, 1.54) is 6.92 Å². The maximum absolute atomic E-state index is 13.0. The molecule has 0 amide bonds. The van der Waals surface area contributed by atoms with Crippen molar-refractivity contribution in [3.8, 4) is 5.75 Å². The van der Waals surface area contributed by atoms with E-state index in [0.29, 0.717) is 12.0 Å². The summed E-state index contributed by atoms with van der Waals surface area (Å²) in [7, 11) is 0. The fraction of sp³-hybridized carbons (Fsp3) is 0.308. The van der Waals surface area contributed by atoms with Crippen LogP contribution in [0.5, 0.6) is 5.75 Å². The molecule has 1 fully saturated rings. The van der Waals surface area contributed by atoms with Gasteiger partial charge in [-0.3, -0.25) is 4.79 Å². The van der Waals surface area contributed by atoms with Crippen LogP contribution in [0.2, 0.25) is 0 Å². The van der Waals surface area contributed by atoms with Gasteiger partial charge in [-0.2, -0.15) is 0 Å². The summed E-state index contributed by atoms with van der Waals surface area (Å²) in [5.74, 6) is -0.343. The highest BCUT2D eigenvalue weighted by molar-refractivity contribution is 5.83. The second-order valence-electron chi connectivity index (χ2n) is 7.83. The second kappa shape index (κ2) is 9.65. The molecular weight excluding hydrogens is 392 g/mol. The normalized spacial score (nSPS) is 19.4. The van der Waals surface area contributed by atoms with Crippen molar-refractivity contribution in [3.63, 3.8) is 0 Å². The Bertz CT molecular complexity index is 1050. The zero-order chi connectivity index (χ0) is 21.6. The van der Waals surface area contributed by atoms with Gasteiger partial charge in [0.05, 0.1) is 0 Å². The van der Waals surface area contributed by atoms with Crippen molar-refractivity contribution < 1.29 is 23.8 Å². The van der Waals surface area contributed by atoms with E-state index in [9.17, 15) is 9.59 Å². The highest BCUT2D eigenvalue weighted by Crippen LogP contribution is 2.30. The summed E-state index contributed by atoms with van der Waals surface area (Å²) >= 11 is 0. The van der Waals surface area contributed by atoms with E-state index in [-0.39, 0.29) is 6.10 Å². The van der Waals surface area contributed by atoms with Crippen LogP contribution in [0.15, 0.2) is 72.8 Å². The average Bonchev–Trinajstić information content (AvgIpc) is 2.79. The van der Waals surface area contributed by atoms with Crippen molar-refractivity contribution in [2.45, 2.75) is 50.9 Å². The summed E-state index contributed by atoms with van der Waals surface area (Å²) in [6.07, 6.45) is 1.77. The maximum Gasteiger partial charge on any atom is 0.352 e. The number of benzene rings is 3. The largest absolute Gasteiger partial charge is 0.487 e. The second-order valence-corrected chi connectivity index (χ2v) is 7.83. The predicted octanol–water partition coefficient (Wildman–Crippen LogP) is 5.38. The first-order valence-electron chi connectivity index (χ1n) is 10.7. The summed E-state index contributed by atoms with van der Waals surface area (Å²) in [4.78, 5) is 24.5. The van der Waals surface area contributed by atoms with Crippen LogP contribution in [0.25, 0.3) is 10.8 Å². The number of ether oxygens (including phenoxy) is 3. The van der Waals surface area contributed by atoms with E-state index in [1.807, 2.05) is 42.5 Å². The summed E-state index contributed by atoms with van der Waals surface area (Å²) in [5, 5.41) is 2.25. The maximum atomic E-state index is 13.0. The number of carbonyl (C=O) groups is 2. The zero-order valence-corrected chi connectivity index (χ0v) is 17.5. The Morgan fingerprint density at radius 2 is 1.52 bits per heavy atom. The predicted molar refractivity (Wildman–Crippen MR) is 118 cm³/mol. The molecule has 0 bridgehead atoms. The Kier molecular flexibility index (Phi) is 6.51. The van der Waals surface area contributed by atoms with Crippen LogP contribution >= 0.6 is 0 Å². The Hall–Kier alpha value is -3.34. The van der Waals surface area contributed by atoms with Gasteiger partial charge < -0.3 is 14.2 Å². The Balaban J connectivity index is 1.49. The van der Waals surface area contributed by atoms with Crippen LogP contribution in [-0.4, -0.2) is 24.1 Å². The van der Waals surface area contributed by atoms with Crippen LogP contribution in [0, 0.1) is 0 Å². The molecule has 3 aromatic carbocycles. The molecule has 0 heterocycles. The lowest BCUT2D eigenvalue weighted by Gasteiger charge is -2.32. The van der Waals surface area contributed by atoms with Gasteiger partial charge in [-0.15, -0.1) is 0 Å². The summed E-state index contributed by atoms with van der Waals surface area (Å²) in [5.41, 5.74) is 0.588. The Labute approximate surface area is 181 Å². The van der Waals surface area contributed by atoms with Crippen LogP contribution in [0.3, 0.4) is 0 Å². The van der Waals surface area contributed by atoms with Gasteiger partial charge in [0.1, 0.15) is 18.0 Å². The van der Waals surface area contributed by atoms with E-state index in [4.69, 9.17) is 14.2 Å². The highest BCUT2D eigenvalue weighted by Gasteiger charge is 2.34. The molecule has 0 aliphatic heterocycles. The third-order valence-electron chi connectivity index (χ3n) is 5.52. The molecule has 4 rings (SSSR count). The van der Waals surface area contributed by atoms with Crippen molar-refractivity contribution in [2.24, 2.45) is 0 Å². The van der Waals surface area contributed by atoms with E-state index in [1.54, 1.807) is 24.3 Å². The summed E-state index contributed by atoms with van der Waals surface area (Å²) in [6, 6.07) is 23.0. The highest BCUT2D eigenvalue weighted by atomic mass is 16.6. The third kappa shape index (κ3) is 5.23. The minimum Gasteiger partial charge on any atom is -0.487 e. The van der Waals surface area contributed by atoms with E-state index in [2.05, 4.69) is 6.07 Å². The Morgan fingerprint density at radius 3 is 2.26 bits per heavy atom. The quantitative estimate of drug-likeness (QED) is 0.503. The topological polar surface area (TPSA) is 61.8 Å². The number of fused-ring (bicyclic) bond motifs is 1. The fourth-order valence-corrected chi connectivity index (χ4v) is 4.00. The molecule has 0 aromatic heterocycles. The van der Waals surface area contributed by atoms with Crippen molar-refractivity contribution >= 4 is 22.7 Å². The first kappa shape index (κ1) is 20.9. The van der Waals surface area contributed by atoms with E-state index >= 15 is 0 Å². The van der Waals surface area contributed by atoms with Gasteiger partial charge in [0, 0.05) is 12.5 Å². The number of hydrogen-bond donors (Lipinski definition) is 0. The molecular formula is C26H26O5. The van der Waals surface area contributed by atoms with Gasteiger partial charge in [-0.05, 0) is 48.6 Å². The minimum atomic E-state index is -1.08. The van der Waals surface area contributed by atoms with Gasteiger partial charge in [-0.1, -0.05) is 60.7 Å². The molecule has 1 saturated carbocycles. The number of esters is 2. The molecule has 1 aliphatic carbocycles. The standard InChI is InChI=1S/C26H26O5/c1-18(27)29-25(20-10-3-2-4-11-20)26(28)31-24-14-8-7-13-23(24)30-22-16-15-19-9-5-6-12-21(19)17-22/h2-6,9-12,15-17,23-25H,7-8,13-14H2,1H3/t23-,24-,25-/m1/s1. The Morgan fingerprint density at radius 1 is 0.839 bits per heavy atom. The summed E-state index contributed by atoms with van der Waals surface area (Å²) < 4.78 is 17.4. The van der Waals surface area contributed by atoms with E-state index in [0.717, 1.165) is 35.8 Å². The lowest BCUT2D eigenvalue weighted by Crippen LogP contribution is -2.39. The molecule has 0 N–H and O–H groups in total. The first-order chi connectivity index (χ1) is 15.1. The van der Waals surface area contributed by atoms with Gasteiger partial charge in [0.25, 0.3) is 0 Å². The van der Waals surface area contributed by atoms with Crippen LogP contribution in [0.4, 0.5) is 0 Å². The minimum absolute atomic E-state index is 0.243. The van der Waals surface area contributed by atoms with Crippen molar-refractivity contribution in [3.05, 3.63) is 78.4 Å². The monoisotopic (exact) mass is 418 g/mol. The molecule has 3 atom stereocenters. The smallest absolute Gasteiger partial charge is 0.352 e. The van der Waals surface area contributed by atoms with E-state index < -0.39 is 24.1 Å². The zero-order valence-electron chi connectivity index (χ0n) is 17.5. The molecule has 0 unspecified atom stereocenters. The van der Waals surface area contributed by atoms with Gasteiger partial charge in [-0.25, -0.2) is 4.79 Å². The molecule has 0 saturated heterocycles. The lowest BCUT2D eigenvalue weighted by molar-refractivity contribution is -0.176. The molecule has 160 valence electrons. The van der Waals surface area contributed by atoms with Gasteiger partial charge in [0.15, 0.2) is 0 Å². The van der Waals surface area contributed by atoms with Gasteiger partial charge in [0.2, 0.25) is 6.10 Å². The third-order valence-corrected chi connectivity index (χ3v) is 5.52. The molecule has 0 spiro atoms. The average molecular weight is 418 g/mol. The molecule has 5 nitrogen and oxygen atoms in total. The lowest BCUT2D eigenvalue weighted by atomic mass is 9.94. The van der Waals surface area contributed by atoms with Crippen molar-refractivity contribution in [1.29, 1.82) is 0 Å². The number of hydrogen-bond acceptors (Lipinski definition) is 5. The molecule has 1 aliphatic rings. The van der Waals surface area contributed by atoms with Crippen LogP contribution in [-0.2, 0) is 19.1 Å².